The molecule has 15 heavy (non-hydrogen) atoms. The van der Waals surface area contributed by atoms with Crippen LogP contribution >= 0.6 is 0 Å². The topological polar surface area (TPSA) is 89.4 Å². The molecule has 0 spiro atoms. The van der Waals surface area contributed by atoms with Crippen molar-refractivity contribution in [3.05, 3.63) is 0 Å². The van der Waals surface area contributed by atoms with Gasteiger partial charge in [0.1, 0.15) is 0 Å². The van der Waals surface area contributed by atoms with Gasteiger partial charge in [0.15, 0.2) is 0 Å². The van der Waals surface area contributed by atoms with Gasteiger partial charge in [-0.2, -0.15) is 0 Å². The summed E-state index contributed by atoms with van der Waals surface area (Å²) in [6, 6.07) is 0. The first-order valence-electron chi connectivity index (χ1n) is 5.22. The second-order valence-corrected chi connectivity index (χ2v) is 4.70. The van der Waals surface area contributed by atoms with Crippen LogP contribution in [-0.2, 0) is 9.59 Å². The molecule has 5 nitrogen and oxygen atoms in total. The van der Waals surface area contributed by atoms with Crippen molar-refractivity contribution >= 4 is 11.8 Å². The van der Waals surface area contributed by atoms with Gasteiger partial charge in [-0.05, 0) is 18.8 Å². The van der Waals surface area contributed by atoms with Crippen LogP contribution in [-0.4, -0.2) is 35.3 Å². The number of rotatable bonds is 5. The Kier molecular flexibility index (Phi) is 3.34. The van der Waals surface area contributed by atoms with Crippen LogP contribution in [0.5, 0.6) is 0 Å². The molecule has 1 aliphatic rings. The molecule has 0 unspecified atom stereocenters. The molecule has 4 N–H and O–H groups in total. The van der Waals surface area contributed by atoms with Crippen molar-refractivity contribution in [2.45, 2.75) is 32.2 Å². The molecule has 0 heterocycles. The van der Waals surface area contributed by atoms with Crippen molar-refractivity contribution in [1.82, 2.24) is 4.90 Å². The molecule has 5 heteroatoms. The Bertz CT molecular complexity index is 272. The lowest BCUT2D eigenvalue weighted by Crippen LogP contribution is -2.49. The van der Waals surface area contributed by atoms with E-state index in [1.807, 2.05) is 13.8 Å². The number of hydrogen-bond acceptors (Lipinski definition) is 3. The zero-order valence-corrected chi connectivity index (χ0v) is 9.32. The van der Waals surface area contributed by atoms with E-state index in [2.05, 4.69) is 0 Å². The van der Waals surface area contributed by atoms with Crippen molar-refractivity contribution in [3.63, 3.8) is 0 Å². The minimum atomic E-state index is -0.718. The first-order chi connectivity index (χ1) is 6.85. The number of nitrogens with zero attached hydrogens (tertiary/aromatic N) is 1. The standard InChI is InChI=1S/C10H19N3O2/c1-7(2)5-13(6-8(11)14)9(15)10(12)3-4-10/h7H,3-6,12H2,1-2H3,(H2,11,14). The van der Waals surface area contributed by atoms with Crippen LogP contribution in [0.3, 0.4) is 0 Å². The van der Waals surface area contributed by atoms with E-state index in [1.165, 1.54) is 4.90 Å². The summed E-state index contributed by atoms with van der Waals surface area (Å²) in [5, 5.41) is 0. The number of carbonyl (C=O) groups is 2. The summed E-state index contributed by atoms with van der Waals surface area (Å²) in [4.78, 5) is 24.2. The first kappa shape index (κ1) is 12.0. The summed E-state index contributed by atoms with van der Waals surface area (Å²) in [5.41, 5.74) is 10.2. The summed E-state index contributed by atoms with van der Waals surface area (Å²) in [5.74, 6) is -0.334. The second-order valence-electron chi connectivity index (χ2n) is 4.70. The molecule has 0 radical (unpaired) electrons. The van der Waals surface area contributed by atoms with Crippen LogP contribution in [0.1, 0.15) is 26.7 Å². The van der Waals surface area contributed by atoms with Gasteiger partial charge in [0.05, 0.1) is 12.1 Å². The van der Waals surface area contributed by atoms with Crippen LogP contribution in [0.4, 0.5) is 0 Å². The summed E-state index contributed by atoms with van der Waals surface area (Å²) in [6.07, 6.45) is 1.42. The van der Waals surface area contributed by atoms with Crippen molar-refractivity contribution in [2.24, 2.45) is 17.4 Å². The van der Waals surface area contributed by atoms with Crippen LogP contribution in [0.25, 0.3) is 0 Å². The van der Waals surface area contributed by atoms with Crippen LogP contribution in [0, 0.1) is 5.92 Å². The Morgan fingerprint density at radius 3 is 2.27 bits per heavy atom. The maximum absolute atomic E-state index is 11.9. The molecular weight excluding hydrogens is 194 g/mol. The summed E-state index contributed by atoms with van der Waals surface area (Å²) in [7, 11) is 0. The second kappa shape index (κ2) is 4.18. The quantitative estimate of drug-likeness (QED) is 0.642. The van der Waals surface area contributed by atoms with E-state index < -0.39 is 11.4 Å². The number of amides is 2. The van der Waals surface area contributed by atoms with Crippen molar-refractivity contribution < 1.29 is 9.59 Å². The first-order valence-corrected chi connectivity index (χ1v) is 5.22. The van der Waals surface area contributed by atoms with E-state index in [0.717, 1.165) is 0 Å². The average molecular weight is 213 g/mol. The lowest BCUT2D eigenvalue weighted by Gasteiger charge is -2.25. The van der Waals surface area contributed by atoms with Crippen LogP contribution in [0.2, 0.25) is 0 Å². The van der Waals surface area contributed by atoms with Crippen molar-refractivity contribution in [3.8, 4) is 0 Å². The van der Waals surface area contributed by atoms with Gasteiger partial charge >= 0.3 is 0 Å². The van der Waals surface area contributed by atoms with Gasteiger partial charge < -0.3 is 16.4 Å². The molecular formula is C10H19N3O2. The van der Waals surface area contributed by atoms with E-state index in [0.29, 0.717) is 25.3 Å². The lowest BCUT2D eigenvalue weighted by atomic mass is 10.1. The van der Waals surface area contributed by atoms with Crippen LogP contribution in [0.15, 0.2) is 0 Å². The molecule has 0 aromatic heterocycles. The van der Waals surface area contributed by atoms with E-state index >= 15 is 0 Å². The Balaban J connectivity index is 2.62. The molecule has 0 aliphatic heterocycles. The maximum atomic E-state index is 11.9. The molecule has 0 saturated heterocycles. The minimum Gasteiger partial charge on any atom is -0.368 e. The number of carbonyl (C=O) groups excluding carboxylic acids is 2. The highest BCUT2D eigenvalue weighted by molar-refractivity contribution is 5.92. The third-order valence-electron chi connectivity index (χ3n) is 2.43. The molecule has 1 aliphatic carbocycles. The summed E-state index contributed by atoms with van der Waals surface area (Å²) < 4.78 is 0. The molecule has 1 rings (SSSR count). The fourth-order valence-corrected chi connectivity index (χ4v) is 1.51. The highest BCUT2D eigenvalue weighted by atomic mass is 16.2. The van der Waals surface area contributed by atoms with Crippen LogP contribution < -0.4 is 11.5 Å². The SMILES string of the molecule is CC(C)CN(CC(N)=O)C(=O)C1(N)CC1. The molecule has 1 fully saturated rings. The Hall–Kier alpha value is -1.10. The van der Waals surface area contributed by atoms with Gasteiger partial charge in [-0.1, -0.05) is 13.8 Å². The predicted molar refractivity (Wildman–Crippen MR) is 56.8 cm³/mol. The normalized spacial score (nSPS) is 17.6. The zero-order chi connectivity index (χ0) is 11.6. The monoisotopic (exact) mass is 213 g/mol. The third kappa shape index (κ3) is 3.20. The fourth-order valence-electron chi connectivity index (χ4n) is 1.51. The highest BCUT2D eigenvalue weighted by Gasteiger charge is 2.48. The fraction of sp³-hybridized carbons (Fsp3) is 0.800. The lowest BCUT2D eigenvalue weighted by molar-refractivity contribution is -0.137. The van der Waals surface area contributed by atoms with Crippen molar-refractivity contribution in [2.75, 3.05) is 13.1 Å². The zero-order valence-electron chi connectivity index (χ0n) is 9.32. The molecule has 86 valence electrons. The molecule has 0 aromatic rings. The molecule has 0 aromatic carbocycles. The molecule has 1 saturated carbocycles. The van der Waals surface area contributed by atoms with E-state index in [4.69, 9.17) is 11.5 Å². The highest BCUT2D eigenvalue weighted by Crippen LogP contribution is 2.34. The van der Waals surface area contributed by atoms with E-state index in [9.17, 15) is 9.59 Å². The van der Waals surface area contributed by atoms with Crippen molar-refractivity contribution in [1.29, 1.82) is 0 Å². The van der Waals surface area contributed by atoms with Gasteiger partial charge in [0.2, 0.25) is 11.8 Å². The maximum Gasteiger partial charge on any atom is 0.243 e. The Labute approximate surface area is 89.8 Å². The summed E-state index contributed by atoms with van der Waals surface area (Å²) >= 11 is 0. The summed E-state index contributed by atoms with van der Waals surface area (Å²) in [6.45, 7) is 4.46. The Morgan fingerprint density at radius 2 is 1.93 bits per heavy atom. The Morgan fingerprint density at radius 1 is 1.40 bits per heavy atom. The predicted octanol–water partition coefficient (Wildman–Crippen LogP) is -0.552. The van der Waals surface area contributed by atoms with Gasteiger partial charge in [-0.3, -0.25) is 9.59 Å². The van der Waals surface area contributed by atoms with Gasteiger partial charge in [-0.15, -0.1) is 0 Å². The molecule has 0 bridgehead atoms. The van der Waals surface area contributed by atoms with Gasteiger partial charge in [-0.25, -0.2) is 0 Å². The number of primary amides is 1. The van der Waals surface area contributed by atoms with Gasteiger partial charge in [0, 0.05) is 6.54 Å². The average Bonchev–Trinajstić information content (AvgIpc) is 2.81. The molecule has 0 atom stereocenters. The smallest absolute Gasteiger partial charge is 0.243 e. The van der Waals surface area contributed by atoms with Gasteiger partial charge in [0.25, 0.3) is 0 Å². The largest absolute Gasteiger partial charge is 0.368 e. The third-order valence-corrected chi connectivity index (χ3v) is 2.43. The van der Waals surface area contributed by atoms with E-state index in [-0.39, 0.29) is 12.5 Å². The number of nitrogens with two attached hydrogens (primary N) is 2. The number of hydrogen-bond donors (Lipinski definition) is 2. The molecule has 2 amide bonds. The van der Waals surface area contributed by atoms with E-state index in [1.54, 1.807) is 0 Å². The minimum absolute atomic E-state index is 0.0318.